The number of nitrogens with zero attached hydrogens (tertiary/aromatic N) is 1. The van der Waals surface area contributed by atoms with E-state index in [-0.39, 0.29) is 5.91 Å². The smallest absolute Gasteiger partial charge is 0.407 e. The van der Waals surface area contributed by atoms with Crippen LogP contribution in [0.1, 0.15) is 56.8 Å². The summed E-state index contributed by atoms with van der Waals surface area (Å²) in [5.41, 5.74) is 0.719. The van der Waals surface area contributed by atoms with E-state index in [1.54, 1.807) is 0 Å². The maximum Gasteiger partial charge on any atom is 0.407 e. The summed E-state index contributed by atoms with van der Waals surface area (Å²) in [6.45, 7) is 5.87. The first-order valence-corrected chi connectivity index (χ1v) is 9.53. The summed E-state index contributed by atoms with van der Waals surface area (Å²) in [6, 6.07) is 7.71. The lowest BCUT2D eigenvalue weighted by Gasteiger charge is -2.31. The van der Waals surface area contributed by atoms with Crippen molar-refractivity contribution in [1.29, 1.82) is 0 Å². The molecule has 1 aromatic heterocycles. The zero-order valence-corrected chi connectivity index (χ0v) is 16.6. The quantitative estimate of drug-likeness (QED) is 0.860. The van der Waals surface area contributed by atoms with Crippen LogP contribution in [-0.2, 0) is 11.8 Å². The number of amides is 2. The van der Waals surface area contributed by atoms with Crippen LogP contribution in [0, 0.1) is 0 Å². The molecule has 0 bridgehead atoms. The molecule has 0 spiro atoms. The average molecular weight is 371 g/mol. The summed E-state index contributed by atoms with van der Waals surface area (Å²) < 4.78 is 7.33. The van der Waals surface area contributed by atoms with Crippen LogP contribution in [0.15, 0.2) is 30.5 Å². The van der Waals surface area contributed by atoms with E-state index in [9.17, 15) is 9.59 Å². The zero-order valence-electron chi connectivity index (χ0n) is 16.6. The third-order valence-corrected chi connectivity index (χ3v) is 5.08. The minimum atomic E-state index is -0.543. The Morgan fingerprint density at radius 1 is 1.19 bits per heavy atom. The van der Waals surface area contributed by atoms with Gasteiger partial charge in [-0.2, -0.15) is 0 Å². The molecule has 6 heteroatoms. The number of carbonyl (C=O) groups excluding carboxylic acids is 2. The molecule has 0 unspecified atom stereocenters. The van der Waals surface area contributed by atoms with E-state index < -0.39 is 17.2 Å². The van der Waals surface area contributed by atoms with E-state index in [0.29, 0.717) is 12.1 Å². The van der Waals surface area contributed by atoms with Crippen molar-refractivity contribution in [2.45, 2.75) is 57.6 Å². The predicted molar refractivity (Wildman–Crippen MR) is 106 cm³/mol. The Kier molecular flexibility index (Phi) is 5.18. The number of hydrogen-bond donors (Lipinski definition) is 2. The Bertz CT molecular complexity index is 842. The SMILES string of the molecule is Cn1ccc2c(C(=O)NC3(CNC(=O)OC(C)(C)C)CCCC3)cccc21. The number of hydrogen-bond acceptors (Lipinski definition) is 3. The molecular formula is C21H29N3O3. The van der Waals surface area contributed by atoms with Crippen LogP contribution in [-0.4, -0.2) is 34.3 Å². The molecular weight excluding hydrogens is 342 g/mol. The molecule has 1 aliphatic carbocycles. The van der Waals surface area contributed by atoms with Gasteiger partial charge in [-0.1, -0.05) is 18.9 Å². The van der Waals surface area contributed by atoms with Crippen LogP contribution in [0.4, 0.5) is 4.79 Å². The molecule has 0 radical (unpaired) electrons. The third kappa shape index (κ3) is 4.43. The highest BCUT2D eigenvalue weighted by Gasteiger charge is 2.36. The monoisotopic (exact) mass is 371 g/mol. The van der Waals surface area contributed by atoms with Crippen LogP contribution in [0.3, 0.4) is 0 Å². The molecule has 1 heterocycles. The van der Waals surface area contributed by atoms with Crippen LogP contribution >= 0.6 is 0 Å². The number of benzene rings is 1. The minimum absolute atomic E-state index is 0.0975. The molecule has 6 nitrogen and oxygen atoms in total. The van der Waals surface area contributed by atoms with E-state index in [4.69, 9.17) is 4.74 Å². The fraction of sp³-hybridized carbons (Fsp3) is 0.524. The van der Waals surface area contributed by atoms with Crippen molar-refractivity contribution in [2.24, 2.45) is 7.05 Å². The highest BCUT2D eigenvalue weighted by Crippen LogP contribution is 2.30. The molecule has 0 atom stereocenters. The number of rotatable bonds is 4. The third-order valence-electron chi connectivity index (χ3n) is 5.08. The van der Waals surface area contributed by atoms with Gasteiger partial charge in [0.05, 0.1) is 5.54 Å². The van der Waals surface area contributed by atoms with Gasteiger partial charge in [0.25, 0.3) is 5.91 Å². The zero-order chi connectivity index (χ0) is 19.7. The summed E-state index contributed by atoms with van der Waals surface area (Å²) in [6.07, 6.45) is 5.26. The van der Waals surface area contributed by atoms with Crippen LogP contribution in [0.25, 0.3) is 10.9 Å². The van der Waals surface area contributed by atoms with E-state index in [0.717, 1.165) is 36.6 Å². The Morgan fingerprint density at radius 3 is 2.56 bits per heavy atom. The van der Waals surface area contributed by atoms with Crippen molar-refractivity contribution in [3.8, 4) is 0 Å². The number of carbonyl (C=O) groups is 2. The molecule has 0 saturated heterocycles. The van der Waals surface area contributed by atoms with Gasteiger partial charge >= 0.3 is 6.09 Å². The van der Waals surface area contributed by atoms with Gasteiger partial charge in [-0.3, -0.25) is 4.79 Å². The summed E-state index contributed by atoms with van der Waals surface area (Å²) in [5, 5.41) is 6.99. The number of ether oxygens (including phenoxy) is 1. The first-order chi connectivity index (χ1) is 12.7. The van der Waals surface area contributed by atoms with Gasteiger partial charge in [-0.15, -0.1) is 0 Å². The average Bonchev–Trinajstić information content (AvgIpc) is 3.19. The number of fused-ring (bicyclic) bond motifs is 1. The minimum Gasteiger partial charge on any atom is -0.444 e. The topological polar surface area (TPSA) is 72.4 Å². The second kappa shape index (κ2) is 7.25. The maximum atomic E-state index is 13.0. The van der Waals surface area contributed by atoms with Gasteiger partial charge < -0.3 is 19.9 Å². The molecule has 1 aliphatic rings. The molecule has 1 saturated carbocycles. The second-order valence-electron chi connectivity index (χ2n) is 8.46. The number of nitrogens with one attached hydrogen (secondary N) is 2. The van der Waals surface area contributed by atoms with Crippen LogP contribution in [0.5, 0.6) is 0 Å². The predicted octanol–water partition coefficient (Wildman–Crippen LogP) is 3.75. The summed E-state index contributed by atoms with van der Waals surface area (Å²) in [5.74, 6) is -0.0975. The normalized spacial score (nSPS) is 16.3. The van der Waals surface area contributed by atoms with Crippen molar-refractivity contribution in [3.63, 3.8) is 0 Å². The number of aromatic nitrogens is 1. The Labute approximate surface area is 160 Å². The van der Waals surface area contributed by atoms with Gasteiger partial charge in [0.15, 0.2) is 0 Å². The standard InChI is InChI=1S/C21H29N3O3/c1-20(2,3)27-19(26)22-14-21(11-5-6-12-21)23-18(25)16-8-7-9-17-15(16)10-13-24(17)4/h7-10,13H,5-6,11-12,14H2,1-4H3,(H,22,26)(H,23,25). The summed E-state index contributed by atoms with van der Waals surface area (Å²) in [7, 11) is 1.97. The van der Waals surface area contributed by atoms with Crippen molar-refractivity contribution >= 4 is 22.9 Å². The summed E-state index contributed by atoms with van der Waals surface area (Å²) >= 11 is 0. The largest absolute Gasteiger partial charge is 0.444 e. The van der Waals surface area contributed by atoms with Gasteiger partial charge in [0, 0.05) is 36.3 Å². The van der Waals surface area contributed by atoms with Gasteiger partial charge in [0.1, 0.15) is 5.60 Å². The lowest BCUT2D eigenvalue weighted by atomic mass is 9.96. The number of aryl methyl sites for hydroxylation is 1. The van der Waals surface area contributed by atoms with E-state index >= 15 is 0 Å². The first kappa shape index (κ1) is 19.3. The van der Waals surface area contributed by atoms with E-state index in [2.05, 4.69) is 10.6 Å². The van der Waals surface area contributed by atoms with Crippen LogP contribution < -0.4 is 10.6 Å². The van der Waals surface area contributed by atoms with Crippen molar-refractivity contribution in [1.82, 2.24) is 15.2 Å². The molecule has 1 fully saturated rings. The van der Waals surface area contributed by atoms with E-state index in [1.807, 2.05) is 62.8 Å². The van der Waals surface area contributed by atoms with Crippen LogP contribution in [0.2, 0.25) is 0 Å². The second-order valence-corrected chi connectivity index (χ2v) is 8.46. The molecule has 3 rings (SSSR count). The van der Waals surface area contributed by atoms with Crippen molar-refractivity contribution in [3.05, 3.63) is 36.0 Å². The van der Waals surface area contributed by atoms with Crippen molar-refractivity contribution in [2.75, 3.05) is 6.54 Å². The Morgan fingerprint density at radius 2 is 1.89 bits per heavy atom. The van der Waals surface area contributed by atoms with Gasteiger partial charge in [-0.25, -0.2) is 4.79 Å². The molecule has 0 aliphatic heterocycles. The molecule has 1 aromatic carbocycles. The highest BCUT2D eigenvalue weighted by atomic mass is 16.6. The molecule has 2 N–H and O–H groups in total. The molecule has 2 aromatic rings. The lowest BCUT2D eigenvalue weighted by Crippen LogP contribution is -2.54. The maximum absolute atomic E-state index is 13.0. The lowest BCUT2D eigenvalue weighted by molar-refractivity contribution is 0.0505. The summed E-state index contributed by atoms with van der Waals surface area (Å²) in [4.78, 5) is 25.1. The molecule has 27 heavy (non-hydrogen) atoms. The molecule has 2 amide bonds. The fourth-order valence-electron chi connectivity index (χ4n) is 3.76. The number of alkyl carbamates (subject to hydrolysis) is 1. The van der Waals surface area contributed by atoms with Gasteiger partial charge in [-0.05, 0) is 51.8 Å². The van der Waals surface area contributed by atoms with E-state index in [1.165, 1.54) is 0 Å². The first-order valence-electron chi connectivity index (χ1n) is 9.53. The van der Waals surface area contributed by atoms with Crippen molar-refractivity contribution < 1.29 is 14.3 Å². The van der Waals surface area contributed by atoms with Gasteiger partial charge in [0.2, 0.25) is 0 Å². The fourth-order valence-corrected chi connectivity index (χ4v) is 3.76. The molecule has 146 valence electrons. The Hall–Kier alpha value is -2.50. The Balaban J connectivity index is 1.73. The highest BCUT2D eigenvalue weighted by molar-refractivity contribution is 6.06.